The van der Waals surface area contributed by atoms with E-state index in [1.807, 2.05) is 13.0 Å². The number of hydrogen-bond donors (Lipinski definition) is 1. The van der Waals surface area contributed by atoms with Crippen molar-refractivity contribution in [2.24, 2.45) is 0 Å². The molecule has 0 heterocycles. The monoisotopic (exact) mass is 321 g/mol. The van der Waals surface area contributed by atoms with E-state index < -0.39 is 4.92 Å². The molecule has 0 amide bonds. The van der Waals surface area contributed by atoms with Crippen molar-refractivity contribution in [1.82, 2.24) is 0 Å². The van der Waals surface area contributed by atoms with Gasteiger partial charge in [0.05, 0.1) is 26.9 Å². The van der Waals surface area contributed by atoms with Crippen LogP contribution in [0, 0.1) is 28.4 Å². The molecule has 2 rings (SSSR count). The quantitative estimate of drug-likeness (QED) is 0.648. The molecule has 1 N–H and O–H groups in total. The number of benzene rings is 2. The molecule has 0 aromatic heterocycles. The third-order valence-corrected chi connectivity index (χ3v) is 3.57. The van der Waals surface area contributed by atoms with E-state index in [-0.39, 0.29) is 11.3 Å². The first-order valence-electron chi connectivity index (χ1n) is 5.83. The van der Waals surface area contributed by atoms with Gasteiger partial charge in [-0.3, -0.25) is 10.1 Å². The fourth-order valence-electron chi connectivity index (χ4n) is 1.73. The van der Waals surface area contributed by atoms with Gasteiger partial charge in [-0.2, -0.15) is 5.26 Å². The molecule has 106 valence electrons. The highest BCUT2D eigenvalue weighted by Gasteiger charge is 2.12. The average Bonchev–Trinajstić information content (AvgIpc) is 2.44. The molecule has 7 heteroatoms. The van der Waals surface area contributed by atoms with E-state index in [9.17, 15) is 10.1 Å². The molecular formula is C14H9Cl2N3O2. The molecule has 0 aliphatic carbocycles. The van der Waals surface area contributed by atoms with E-state index in [1.165, 1.54) is 18.2 Å². The van der Waals surface area contributed by atoms with Gasteiger partial charge < -0.3 is 5.32 Å². The first kappa shape index (κ1) is 15.1. The number of nitrogens with one attached hydrogen (secondary N) is 1. The summed E-state index contributed by atoms with van der Waals surface area (Å²) in [6.07, 6.45) is 0. The average molecular weight is 322 g/mol. The van der Waals surface area contributed by atoms with Crippen LogP contribution in [0.25, 0.3) is 0 Å². The molecule has 0 radical (unpaired) electrons. The lowest BCUT2D eigenvalue weighted by Crippen LogP contribution is -1.97. The van der Waals surface area contributed by atoms with Crippen LogP contribution in [0.2, 0.25) is 10.0 Å². The van der Waals surface area contributed by atoms with Crippen LogP contribution < -0.4 is 5.32 Å². The van der Waals surface area contributed by atoms with Crippen LogP contribution in [-0.2, 0) is 0 Å². The molecule has 0 saturated carbocycles. The molecule has 2 aromatic carbocycles. The predicted molar refractivity (Wildman–Crippen MR) is 82.3 cm³/mol. The molecule has 2 aromatic rings. The summed E-state index contributed by atoms with van der Waals surface area (Å²) in [5.41, 5.74) is 1.78. The van der Waals surface area contributed by atoms with Gasteiger partial charge in [0.15, 0.2) is 0 Å². The number of nitro benzene ring substituents is 1. The maximum absolute atomic E-state index is 10.7. The zero-order valence-corrected chi connectivity index (χ0v) is 12.4. The molecule has 0 atom stereocenters. The topological polar surface area (TPSA) is 79.0 Å². The van der Waals surface area contributed by atoms with E-state index in [0.29, 0.717) is 21.4 Å². The molecule has 21 heavy (non-hydrogen) atoms. The summed E-state index contributed by atoms with van der Waals surface area (Å²) in [5, 5.41) is 23.7. The van der Waals surface area contributed by atoms with Gasteiger partial charge in [-0.05, 0) is 30.7 Å². The van der Waals surface area contributed by atoms with Crippen LogP contribution in [0.3, 0.4) is 0 Å². The SMILES string of the molecule is Cc1cc(Cl)c(Nc2ccc([N+](=O)[O-])cc2C#N)cc1Cl. The molecule has 0 aliphatic heterocycles. The van der Waals surface area contributed by atoms with Gasteiger partial charge in [0.2, 0.25) is 0 Å². The van der Waals surface area contributed by atoms with Gasteiger partial charge in [-0.1, -0.05) is 23.2 Å². The van der Waals surface area contributed by atoms with Crippen molar-refractivity contribution in [3.8, 4) is 6.07 Å². The van der Waals surface area contributed by atoms with Gasteiger partial charge >= 0.3 is 0 Å². The molecule has 0 saturated heterocycles. The van der Waals surface area contributed by atoms with E-state index >= 15 is 0 Å². The molecule has 0 bridgehead atoms. The van der Waals surface area contributed by atoms with Gasteiger partial charge in [0, 0.05) is 17.2 Å². The van der Waals surface area contributed by atoms with Crippen LogP contribution >= 0.6 is 23.2 Å². The molecular weight excluding hydrogens is 313 g/mol. The maximum atomic E-state index is 10.7. The Hall–Kier alpha value is -2.29. The van der Waals surface area contributed by atoms with Crippen LogP contribution in [0.15, 0.2) is 30.3 Å². The third-order valence-electron chi connectivity index (χ3n) is 2.85. The molecule has 0 unspecified atom stereocenters. The summed E-state index contributed by atoms with van der Waals surface area (Å²) in [4.78, 5) is 10.2. The fraction of sp³-hybridized carbons (Fsp3) is 0.0714. The van der Waals surface area contributed by atoms with E-state index in [1.54, 1.807) is 12.1 Å². The van der Waals surface area contributed by atoms with Crippen molar-refractivity contribution in [3.05, 3.63) is 61.6 Å². The first-order valence-corrected chi connectivity index (χ1v) is 6.59. The summed E-state index contributed by atoms with van der Waals surface area (Å²) < 4.78 is 0. The largest absolute Gasteiger partial charge is 0.353 e. The molecule has 0 fully saturated rings. The van der Waals surface area contributed by atoms with Gasteiger partial charge in [-0.25, -0.2) is 0 Å². The minimum atomic E-state index is -0.555. The van der Waals surface area contributed by atoms with Crippen LogP contribution in [-0.4, -0.2) is 4.92 Å². The Kier molecular flexibility index (Phi) is 4.32. The standard InChI is InChI=1S/C14H9Cl2N3O2/c1-8-4-12(16)14(6-11(8)15)18-13-3-2-10(19(20)21)5-9(13)7-17/h2-6,18H,1H3. The minimum absolute atomic E-state index is 0.148. The lowest BCUT2D eigenvalue weighted by Gasteiger charge is -2.11. The molecule has 0 spiro atoms. The molecule has 0 aliphatic rings. The van der Waals surface area contributed by atoms with E-state index in [2.05, 4.69) is 5.32 Å². The highest BCUT2D eigenvalue weighted by Crippen LogP contribution is 2.32. The maximum Gasteiger partial charge on any atom is 0.270 e. The van der Waals surface area contributed by atoms with Crippen molar-refractivity contribution in [2.45, 2.75) is 6.92 Å². The number of halogens is 2. The van der Waals surface area contributed by atoms with E-state index in [0.717, 1.165) is 5.56 Å². The number of hydrogen-bond acceptors (Lipinski definition) is 4. The Morgan fingerprint density at radius 2 is 1.90 bits per heavy atom. The van der Waals surface area contributed by atoms with Crippen molar-refractivity contribution in [3.63, 3.8) is 0 Å². The van der Waals surface area contributed by atoms with Crippen molar-refractivity contribution >= 4 is 40.3 Å². The summed E-state index contributed by atoms with van der Waals surface area (Å²) in [5.74, 6) is 0. The van der Waals surface area contributed by atoms with Crippen molar-refractivity contribution in [2.75, 3.05) is 5.32 Å². The Morgan fingerprint density at radius 3 is 2.52 bits per heavy atom. The smallest absolute Gasteiger partial charge is 0.270 e. The second-order valence-electron chi connectivity index (χ2n) is 4.31. The third kappa shape index (κ3) is 3.24. The lowest BCUT2D eigenvalue weighted by molar-refractivity contribution is -0.384. The number of rotatable bonds is 3. The Bertz CT molecular complexity index is 770. The van der Waals surface area contributed by atoms with Crippen molar-refractivity contribution in [1.29, 1.82) is 5.26 Å². The predicted octanol–water partition coefficient (Wildman–Crippen LogP) is 4.83. The number of non-ortho nitro benzene ring substituents is 1. The summed E-state index contributed by atoms with van der Waals surface area (Å²) in [7, 11) is 0. The fourth-order valence-corrected chi connectivity index (χ4v) is 2.16. The van der Waals surface area contributed by atoms with Gasteiger partial charge in [-0.15, -0.1) is 0 Å². The summed E-state index contributed by atoms with van der Waals surface area (Å²) in [6.45, 7) is 1.82. The molecule has 5 nitrogen and oxygen atoms in total. The minimum Gasteiger partial charge on any atom is -0.353 e. The van der Waals surface area contributed by atoms with Crippen molar-refractivity contribution < 1.29 is 4.92 Å². The second-order valence-corrected chi connectivity index (χ2v) is 5.12. The normalized spacial score (nSPS) is 10.0. The summed E-state index contributed by atoms with van der Waals surface area (Å²) in [6, 6.07) is 9.22. The number of nitrogens with zero attached hydrogens (tertiary/aromatic N) is 2. The lowest BCUT2D eigenvalue weighted by atomic mass is 10.1. The number of nitriles is 1. The summed E-state index contributed by atoms with van der Waals surface area (Å²) >= 11 is 12.2. The number of aryl methyl sites for hydroxylation is 1. The van der Waals surface area contributed by atoms with Crippen LogP contribution in [0.1, 0.15) is 11.1 Å². The Balaban J connectivity index is 2.43. The van der Waals surface area contributed by atoms with Crippen LogP contribution in [0.5, 0.6) is 0 Å². The first-order chi connectivity index (χ1) is 9.92. The highest BCUT2D eigenvalue weighted by atomic mass is 35.5. The van der Waals surface area contributed by atoms with Crippen LogP contribution in [0.4, 0.5) is 17.1 Å². The van der Waals surface area contributed by atoms with Gasteiger partial charge in [0.25, 0.3) is 5.69 Å². The highest BCUT2D eigenvalue weighted by molar-refractivity contribution is 6.35. The second kappa shape index (κ2) is 6.00. The Morgan fingerprint density at radius 1 is 1.19 bits per heavy atom. The van der Waals surface area contributed by atoms with E-state index in [4.69, 9.17) is 28.5 Å². The number of nitro groups is 1. The van der Waals surface area contributed by atoms with Gasteiger partial charge in [0.1, 0.15) is 6.07 Å². The zero-order chi connectivity index (χ0) is 15.6. The Labute approximate surface area is 130 Å². The zero-order valence-electron chi connectivity index (χ0n) is 10.9. The number of anilines is 2.